The monoisotopic (exact) mass is 361 g/mol. The topological polar surface area (TPSA) is 86.6 Å². The van der Waals surface area contributed by atoms with Crippen molar-refractivity contribution >= 4 is 11.8 Å². The summed E-state index contributed by atoms with van der Waals surface area (Å²) in [5, 5.41) is 21.2. The van der Waals surface area contributed by atoms with Crippen molar-refractivity contribution in [2.75, 3.05) is 6.61 Å². The lowest BCUT2D eigenvalue weighted by molar-refractivity contribution is -0.132. The van der Waals surface area contributed by atoms with E-state index in [1.165, 1.54) is 0 Å². The molecule has 0 atom stereocenters. The van der Waals surface area contributed by atoms with Crippen LogP contribution in [0.1, 0.15) is 36.0 Å². The van der Waals surface area contributed by atoms with Crippen molar-refractivity contribution < 1.29 is 37.4 Å². The van der Waals surface area contributed by atoms with E-state index in [9.17, 15) is 32.3 Å². The summed E-state index contributed by atoms with van der Waals surface area (Å²) in [6.45, 7) is -0.321. The summed E-state index contributed by atoms with van der Waals surface area (Å²) in [5.41, 5.74) is -3.06. The quantitative estimate of drug-likeness (QED) is 0.138. The fourth-order valence-corrected chi connectivity index (χ4v) is 2.73. The minimum absolute atomic E-state index is 0.101. The van der Waals surface area contributed by atoms with Crippen LogP contribution in [0.5, 0.6) is 0 Å². The molecule has 2 rings (SSSR count). The maximum Gasteiger partial charge on any atom is 0.341 e. The lowest BCUT2D eigenvalue weighted by Gasteiger charge is -2.27. The van der Waals surface area contributed by atoms with Gasteiger partial charge in [-0.2, -0.15) is 0 Å². The highest BCUT2D eigenvalue weighted by Crippen LogP contribution is 2.29. The Labute approximate surface area is 140 Å². The number of carbonyl (C=O) groups excluding carboxylic acids is 1. The molecule has 1 fully saturated rings. The lowest BCUT2D eigenvalue weighted by Crippen LogP contribution is -2.43. The molecule has 1 aliphatic rings. The largest absolute Gasteiger partial charge is 0.477 e. The molecule has 1 aliphatic carbocycles. The van der Waals surface area contributed by atoms with Crippen molar-refractivity contribution in [2.24, 2.45) is 0 Å². The normalized spacial score (nSPS) is 16.8. The smallest absolute Gasteiger partial charge is 0.341 e. The van der Waals surface area contributed by atoms with Crippen molar-refractivity contribution in [3.8, 4) is 0 Å². The number of hydrogen-bond acceptors (Lipinski definition) is 4. The summed E-state index contributed by atoms with van der Waals surface area (Å²) in [6, 6.07) is 0.101. The number of halogens is 4. The molecule has 1 aromatic rings. The van der Waals surface area contributed by atoms with E-state index < -0.39 is 51.7 Å². The van der Waals surface area contributed by atoms with E-state index in [1.807, 2.05) is 0 Å². The number of carbonyl (C=O) groups is 2. The number of aliphatic hydroxyl groups is 1. The predicted molar refractivity (Wildman–Crippen MR) is 77.7 cm³/mol. The zero-order valence-corrected chi connectivity index (χ0v) is 12.9. The predicted octanol–water partition coefficient (Wildman–Crippen LogP) is 2.29. The average Bonchev–Trinajstić information content (AvgIpc) is 3.05. The average molecular weight is 361 g/mol. The molecule has 0 bridgehead atoms. The number of aliphatic carboxylic acids is 1. The number of rotatable bonds is 6. The SMILES string of the molecule is O=C(O)C(=CNC1(CO)CCCC1)C(=O)c1cc(F)c(F)c(F)c1F. The summed E-state index contributed by atoms with van der Waals surface area (Å²) in [6.07, 6.45) is 3.37. The van der Waals surface area contributed by atoms with Gasteiger partial charge in [-0.05, 0) is 18.9 Å². The number of nitrogens with one attached hydrogen (secondary N) is 1. The van der Waals surface area contributed by atoms with Crippen LogP contribution in [0, 0.1) is 23.3 Å². The van der Waals surface area contributed by atoms with Crippen LogP contribution in [0.3, 0.4) is 0 Å². The Morgan fingerprint density at radius 1 is 1.12 bits per heavy atom. The fraction of sp³-hybridized carbons (Fsp3) is 0.375. The highest BCUT2D eigenvalue weighted by Gasteiger charge is 2.33. The van der Waals surface area contributed by atoms with Gasteiger partial charge in [-0.25, -0.2) is 22.4 Å². The van der Waals surface area contributed by atoms with E-state index in [-0.39, 0.29) is 12.7 Å². The number of aliphatic hydroxyl groups excluding tert-OH is 1. The van der Waals surface area contributed by atoms with Gasteiger partial charge in [0.1, 0.15) is 5.57 Å². The minimum atomic E-state index is -2.20. The molecule has 0 aliphatic heterocycles. The van der Waals surface area contributed by atoms with Gasteiger partial charge < -0.3 is 15.5 Å². The molecule has 0 amide bonds. The molecule has 1 aromatic carbocycles. The molecule has 136 valence electrons. The number of benzene rings is 1. The second-order valence-electron chi connectivity index (χ2n) is 5.83. The second kappa shape index (κ2) is 7.22. The van der Waals surface area contributed by atoms with Gasteiger partial charge in [0, 0.05) is 6.20 Å². The van der Waals surface area contributed by atoms with Crippen LogP contribution < -0.4 is 5.32 Å². The molecule has 3 N–H and O–H groups in total. The molecule has 0 radical (unpaired) electrons. The van der Waals surface area contributed by atoms with Gasteiger partial charge in [0.25, 0.3) is 0 Å². The summed E-state index contributed by atoms with van der Waals surface area (Å²) in [4.78, 5) is 23.5. The minimum Gasteiger partial charge on any atom is -0.477 e. The Morgan fingerprint density at radius 3 is 2.24 bits per heavy atom. The molecule has 0 spiro atoms. The first-order valence-electron chi connectivity index (χ1n) is 7.42. The Kier molecular flexibility index (Phi) is 5.46. The maximum absolute atomic E-state index is 13.7. The van der Waals surface area contributed by atoms with Gasteiger partial charge >= 0.3 is 5.97 Å². The van der Waals surface area contributed by atoms with Gasteiger partial charge in [-0.15, -0.1) is 0 Å². The van der Waals surface area contributed by atoms with Gasteiger partial charge in [-0.1, -0.05) is 12.8 Å². The molecular weight excluding hydrogens is 346 g/mol. The first-order chi connectivity index (χ1) is 11.7. The van der Waals surface area contributed by atoms with Crippen LogP contribution in [0.25, 0.3) is 0 Å². The first-order valence-corrected chi connectivity index (χ1v) is 7.42. The van der Waals surface area contributed by atoms with Crippen LogP contribution >= 0.6 is 0 Å². The molecular formula is C16H15F4NO4. The number of hydrogen-bond donors (Lipinski definition) is 3. The Morgan fingerprint density at radius 2 is 1.72 bits per heavy atom. The number of Topliss-reactive ketones (excluding diaryl/α,β-unsaturated/α-hetero) is 1. The number of carboxylic acid groups (broad SMARTS) is 1. The molecule has 0 heterocycles. The van der Waals surface area contributed by atoms with Gasteiger partial charge in [0.2, 0.25) is 5.78 Å². The summed E-state index contributed by atoms with van der Waals surface area (Å²) in [7, 11) is 0. The molecule has 0 aromatic heterocycles. The van der Waals surface area contributed by atoms with Crippen LogP contribution in [-0.2, 0) is 4.79 Å². The van der Waals surface area contributed by atoms with Crippen LogP contribution in [0.2, 0.25) is 0 Å². The van der Waals surface area contributed by atoms with Crippen molar-refractivity contribution in [3.05, 3.63) is 46.7 Å². The van der Waals surface area contributed by atoms with Crippen LogP contribution in [-0.4, -0.2) is 34.1 Å². The van der Waals surface area contributed by atoms with E-state index in [1.54, 1.807) is 0 Å². The third-order valence-electron chi connectivity index (χ3n) is 4.21. The molecule has 0 unspecified atom stereocenters. The third kappa shape index (κ3) is 3.65. The summed E-state index contributed by atoms with van der Waals surface area (Å²) in [5.74, 6) is -11.4. The highest BCUT2D eigenvalue weighted by molar-refractivity contribution is 6.23. The fourth-order valence-electron chi connectivity index (χ4n) is 2.73. The summed E-state index contributed by atoms with van der Waals surface area (Å²) < 4.78 is 53.2. The van der Waals surface area contributed by atoms with Gasteiger partial charge in [-0.3, -0.25) is 4.79 Å². The van der Waals surface area contributed by atoms with Crippen LogP contribution in [0.4, 0.5) is 17.6 Å². The molecule has 9 heteroatoms. The first kappa shape index (κ1) is 18.9. The Bertz CT molecular complexity index is 742. The van der Waals surface area contributed by atoms with E-state index in [2.05, 4.69) is 5.32 Å². The Hall–Kier alpha value is -2.42. The van der Waals surface area contributed by atoms with Crippen molar-refractivity contribution in [1.82, 2.24) is 5.32 Å². The maximum atomic E-state index is 13.7. The van der Waals surface area contributed by atoms with Gasteiger partial charge in [0.15, 0.2) is 23.3 Å². The van der Waals surface area contributed by atoms with E-state index >= 15 is 0 Å². The zero-order valence-electron chi connectivity index (χ0n) is 12.9. The molecule has 25 heavy (non-hydrogen) atoms. The van der Waals surface area contributed by atoms with Crippen molar-refractivity contribution in [3.63, 3.8) is 0 Å². The second-order valence-corrected chi connectivity index (χ2v) is 5.83. The molecule has 5 nitrogen and oxygen atoms in total. The van der Waals surface area contributed by atoms with E-state index in [0.717, 1.165) is 19.0 Å². The molecule has 1 saturated carbocycles. The van der Waals surface area contributed by atoms with Crippen molar-refractivity contribution in [1.29, 1.82) is 0 Å². The number of carboxylic acids is 1. The van der Waals surface area contributed by atoms with E-state index in [0.29, 0.717) is 12.8 Å². The molecule has 0 saturated heterocycles. The van der Waals surface area contributed by atoms with Gasteiger partial charge in [0.05, 0.1) is 17.7 Å². The number of ketones is 1. The van der Waals surface area contributed by atoms with Crippen LogP contribution in [0.15, 0.2) is 17.8 Å². The zero-order chi connectivity index (χ0) is 18.8. The van der Waals surface area contributed by atoms with Crippen molar-refractivity contribution in [2.45, 2.75) is 31.2 Å². The lowest BCUT2D eigenvalue weighted by atomic mass is 9.98. The Balaban J connectivity index is 2.39. The standard InChI is InChI=1S/C16H15F4NO4/c17-10-5-8(11(18)13(20)12(10)19)14(23)9(15(24)25)6-21-16(7-22)3-1-2-4-16/h5-6,21-22H,1-4,7H2,(H,24,25). The summed E-state index contributed by atoms with van der Waals surface area (Å²) >= 11 is 0. The third-order valence-corrected chi connectivity index (χ3v) is 4.21. The van der Waals surface area contributed by atoms with E-state index in [4.69, 9.17) is 5.11 Å². The highest BCUT2D eigenvalue weighted by atomic mass is 19.2.